The second kappa shape index (κ2) is 8.00. The Morgan fingerprint density at radius 3 is 2.76 bits per heavy atom. The quantitative estimate of drug-likeness (QED) is 0.867. The molecule has 1 fully saturated rings. The molecule has 2 aromatic heterocycles. The number of likely N-dealkylation sites (tertiary alicyclic amines) is 1. The highest BCUT2D eigenvalue weighted by molar-refractivity contribution is 5.21. The van der Waals surface area contributed by atoms with Crippen LogP contribution in [0.4, 0.5) is 0 Å². The summed E-state index contributed by atoms with van der Waals surface area (Å²) >= 11 is 0. The van der Waals surface area contributed by atoms with E-state index in [0.29, 0.717) is 24.4 Å². The van der Waals surface area contributed by atoms with Crippen molar-refractivity contribution in [2.45, 2.75) is 53.0 Å². The van der Waals surface area contributed by atoms with Crippen LogP contribution >= 0.6 is 0 Å². The average Bonchev–Trinajstić information content (AvgIpc) is 3.02. The smallest absolute Gasteiger partial charge is 0.232 e. The molecule has 1 N–H and O–H groups in total. The fourth-order valence-corrected chi connectivity index (χ4v) is 3.94. The number of H-pyrrole nitrogens is 1. The second-order valence-corrected chi connectivity index (χ2v) is 7.24. The van der Waals surface area contributed by atoms with Crippen LogP contribution in [0, 0.1) is 19.8 Å². The molecule has 136 valence electrons. The third-order valence-corrected chi connectivity index (χ3v) is 5.08. The molecule has 5 nitrogen and oxygen atoms in total. The van der Waals surface area contributed by atoms with Gasteiger partial charge in [0.25, 0.3) is 0 Å². The van der Waals surface area contributed by atoms with Gasteiger partial charge in [-0.2, -0.15) is 0 Å². The first kappa shape index (κ1) is 17.9. The van der Waals surface area contributed by atoms with E-state index < -0.39 is 0 Å². The van der Waals surface area contributed by atoms with Crippen LogP contribution in [0.3, 0.4) is 0 Å². The van der Waals surface area contributed by atoms with Gasteiger partial charge < -0.3 is 4.74 Å². The fraction of sp³-hybridized carbons (Fsp3) is 0.600. The molecule has 2 aromatic rings. The number of nitrogens with zero attached hydrogens (tertiary/aromatic N) is 3. The number of ether oxygens (including phenoxy) is 1. The van der Waals surface area contributed by atoms with Crippen LogP contribution in [0.5, 0.6) is 5.88 Å². The maximum atomic E-state index is 5.48. The molecule has 0 amide bonds. The first-order valence-electron chi connectivity index (χ1n) is 9.41. The molecule has 2 atom stereocenters. The zero-order valence-electron chi connectivity index (χ0n) is 15.9. The van der Waals surface area contributed by atoms with Gasteiger partial charge in [-0.25, -0.2) is 0 Å². The minimum atomic E-state index is 0.338. The largest absolute Gasteiger partial charge is 0.477 e. The maximum absolute atomic E-state index is 5.48. The highest BCUT2D eigenvalue weighted by Gasteiger charge is 2.25. The number of aryl methyl sites for hydroxylation is 2. The molecule has 0 radical (unpaired) electrons. The van der Waals surface area contributed by atoms with E-state index in [0.717, 1.165) is 36.6 Å². The van der Waals surface area contributed by atoms with Gasteiger partial charge in [-0.1, -0.05) is 0 Å². The lowest BCUT2D eigenvalue weighted by Crippen LogP contribution is -2.38. The minimum absolute atomic E-state index is 0.338. The highest BCUT2D eigenvalue weighted by Crippen LogP contribution is 2.28. The molecule has 3 rings (SSSR count). The molecule has 1 aliphatic heterocycles. The Morgan fingerprint density at radius 2 is 2.04 bits per heavy atom. The van der Waals surface area contributed by atoms with Gasteiger partial charge in [0.2, 0.25) is 5.88 Å². The Kier molecular flexibility index (Phi) is 5.74. The van der Waals surface area contributed by atoms with E-state index in [1.807, 2.05) is 13.0 Å². The van der Waals surface area contributed by atoms with Crippen LogP contribution in [0.1, 0.15) is 55.4 Å². The van der Waals surface area contributed by atoms with Crippen LogP contribution < -0.4 is 4.74 Å². The summed E-state index contributed by atoms with van der Waals surface area (Å²) in [6.45, 7) is 11.3. The molecule has 1 saturated heterocycles. The summed E-state index contributed by atoms with van der Waals surface area (Å²) in [5, 5.41) is 7.39. The summed E-state index contributed by atoms with van der Waals surface area (Å²) in [6, 6.07) is 6.84. The van der Waals surface area contributed by atoms with Crippen molar-refractivity contribution < 1.29 is 4.74 Å². The lowest BCUT2D eigenvalue weighted by molar-refractivity contribution is 0.129. The van der Waals surface area contributed by atoms with Crippen molar-refractivity contribution in [2.24, 2.45) is 5.92 Å². The number of aromatic nitrogens is 3. The summed E-state index contributed by atoms with van der Waals surface area (Å²) in [4.78, 5) is 7.06. The Labute approximate surface area is 150 Å². The summed E-state index contributed by atoms with van der Waals surface area (Å²) in [5.41, 5.74) is 4.80. The van der Waals surface area contributed by atoms with Gasteiger partial charge >= 0.3 is 0 Å². The SMILES string of the molecule is CCOc1cc([C@H](C)N2CCC[C@H](Cc3cc(C)nc(C)c3)C2)[nH]n1. The van der Waals surface area contributed by atoms with Crippen LogP contribution in [0.2, 0.25) is 0 Å². The Balaban J connectivity index is 1.63. The summed E-state index contributed by atoms with van der Waals surface area (Å²) in [5.74, 6) is 1.40. The van der Waals surface area contributed by atoms with Gasteiger partial charge in [0.05, 0.1) is 12.3 Å². The van der Waals surface area contributed by atoms with Gasteiger partial charge in [-0.15, -0.1) is 5.10 Å². The van der Waals surface area contributed by atoms with Crippen LogP contribution in [-0.4, -0.2) is 39.8 Å². The number of rotatable bonds is 6. The predicted molar refractivity (Wildman–Crippen MR) is 99.9 cm³/mol. The van der Waals surface area contributed by atoms with Crippen molar-refractivity contribution in [1.82, 2.24) is 20.1 Å². The fourth-order valence-electron chi connectivity index (χ4n) is 3.94. The van der Waals surface area contributed by atoms with E-state index in [1.54, 1.807) is 0 Å². The van der Waals surface area contributed by atoms with E-state index in [1.165, 1.54) is 18.4 Å². The molecule has 1 aliphatic rings. The highest BCUT2D eigenvalue weighted by atomic mass is 16.5. The number of hydrogen-bond acceptors (Lipinski definition) is 4. The van der Waals surface area contributed by atoms with E-state index in [4.69, 9.17) is 4.74 Å². The van der Waals surface area contributed by atoms with Crippen molar-refractivity contribution in [3.05, 3.63) is 40.8 Å². The molecule has 25 heavy (non-hydrogen) atoms. The standard InChI is InChI=1S/C20H30N4O/c1-5-25-20-12-19(22-23-20)16(4)24-8-6-7-17(13-24)11-18-9-14(2)21-15(3)10-18/h9-10,12,16-17H,5-8,11,13H2,1-4H3,(H,22,23)/t16-,17+/m0/s1. The van der Waals surface area contributed by atoms with Gasteiger partial charge in [-0.05, 0) is 77.1 Å². The number of nitrogens with one attached hydrogen (secondary N) is 1. The lowest BCUT2D eigenvalue weighted by atomic mass is 9.90. The van der Waals surface area contributed by atoms with E-state index in [-0.39, 0.29) is 0 Å². The topological polar surface area (TPSA) is 54.0 Å². The van der Waals surface area contributed by atoms with Crippen LogP contribution in [-0.2, 0) is 6.42 Å². The van der Waals surface area contributed by atoms with Gasteiger partial charge in [-0.3, -0.25) is 15.0 Å². The van der Waals surface area contributed by atoms with Crippen molar-refractivity contribution >= 4 is 0 Å². The van der Waals surface area contributed by atoms with Crippen molar-refractivity contribution in [3.63, 3.8) is 0 Å². The minimum Gasteiger partial charge on any atom is -0.477 e. The predicted octanol–water partition coefficient (Wildman–Crippen LogP) is 3.84. The summed E-state index contributed by atoms with van der Waals surface area (Å²) in [7, 11) is 0. The summed E-state index contributed by atoms with van der Waals surface area (Å²) < 4.78 is 5.48. The Bertz CT molecular complexity index is 677. The van der Waals surface area contributed by atoms with Crippen LogP contribution in [0.25, 0.3) is 0 Å². The Morgan fingerprint density at radius 1 is 1.28 bits per heavy atom. The van der Waals surface area contributed by atoms with Crippen molar-refractivity contribution in [2.75, 3.05) is 19.7 Å². The number of piperidine rings is 1. The second-order valence-electron chi connectivity index (χ2n) is 7.24. The first-order chi connectivity index (χ1) is 12.0. The van der Waals surface area contributed by atoms with E-state index >= 15 is 0 Å². The molecule has 0 aliphatic carbocycles. The zero-order valence-corrected chi connectivity index (χ0v) is 15.9. The number of hydrogen-bond donors (Lipinski definition) is 1. The van der Waals surface area contributed by atoms with E-state index in [9.17, 15) is 0 Å². The van der Waals surface area contributed by atoms with Gasteiger partial charge in [0.1, 0.15) is 0 Å². The van der Waals surface area contributed by atoms with E-state index in [2.05, 4.69) is 53.0 Å². The first-order valence-corrected chi connectivity index (χ1v) is 9.41. The molecule has 0 unspecified atom stereocenters. The number of aromatic amines is 1. The van der Waals surface area contributed by atoms with Gasteiger partial charge in [0, 0.05) is 30.0 Å². The van der Waals surface area contributed by atoms with Crippen LogP contribution in [0.15, 0.2) is 18.2 Å². The molecular formula is C20H30N4O. The lowest BCUT2D eigenvalue weighted by Gasteiger charge is -2.36. The zero-order chi connectivity index (χ0) is 17.8. The van der Waals surface area contributed by atoms with Crippen molar-refractivity contribution in [3.8, 4) is 5.88 Å². The molecule has 0 saturated carbocycles. The van der Waals surface area contributed by atoms with Gasteiger partial charge in [0.15, 0.2) is 0 Å². The molecule has 0 spiro atoms. The number of pyridine rings is 1. The van der Waals surface area contributed by atoms with Crippen molar-refractivity contribution in [1.29, 1.82) is 0 Å². The third kappa shape index (κ3) is 4.60. The summed E-state index contributed by atoms with van der Waals surface area (Å²) in [6.07, 6.45) is 3.70. The Hall–Kier alpha value is -1.88. The molecule has 3 heterocycles. The maximum Gasteiger partial charge on any atom is 0.232 e. The average molecular weight is 342 g/mol. The molecule has 0 aromatic carbocycles. The molecule has 0 bridgehead atoms. The third-order valence-electron chi connectivity index (χ3n) is 5.08. The molecule has 5 heteroatoms. The monoisotopic (exact) mass is 342 g/mol. The molecular weight excluding hydrogens is 312 g/mol. The normalized spacial score (nSPS) is 19.8.